The predicted molar refractivity (Wildman–Crippen MR) is 44.6 cm³/mol. The normalized spacial score (nSPS) is 15.2. The maximum Gasteiger partial charge on any atom is 0.341 e. The van der Waals surface area contributed by atoms with Crippen LogP contribution in [-0.2, 0) is 19.1 Å². The maximum absolute atomic E-state index is 11.4. The van der Waals surface area contributed by atoms with Crippen LogP contribution < -0.4 is 0 Å². The molecule has 0 aliphatic carbocycles. The molecule has 0 fully saturated rings. The monoisotopic (exact) mass is 182 g/mol. The summed E-state index contributed by atoms with van der Waals surface area (Å²) in [5.74, 6) is -0.234. The molecule has 0 saturated carbocycles. The summed E-state index contributed by atoms with van der Waals surface area (Å²) >= 11 is 0. The Balaban J connectivity index is 2.81. The van der Waals surface area contributed by atoms with E-state index in [4.69, 9.17) is 4.74 Å². The SMILES string of the molecule is C/C=C(/C(=O)OC)C(=O)C1=C(C)O1. The van der Waals surface area contributed by atoms with Gasteiger partial charge in [0.1, 0.15) is 11.3 Å². The molecule has 0 saturated heterocycles. The van der Waals surface area contributed by atoms with Crippen molar-refractivity contribution in [1.29, 1.82) is 0 Å². The first kappa shape index (κ1) is 9.51. The molecule has 0 bridgehead atoms. The van der Waals surface area contributed by atoms with E-state index in [-0.39, 0.29) is 11.3 Å². The molecule has 0 atom stereocenters. The number of hydrogen-bond acceptors (Lipinski definition) is 4. The van der Waals surface area contributed by atoms with Crippen LogP contribution >= 0.6 is 0 Å². The van der Waals surface area contributed by atoms with Gasteiger partial charge in [-0.05, 0) is 13.8 Å². The number of hydrogen-bond donors (Lipinski definition) is 0. The molecule has 4 nitrogen and oxygen atoms in total. The summed E-state index contributed by atoms with van der Waals surface area (Å²) in [6.07, 6.45) is 1.41. The third-order valence-electron chi connectivity index (χ3n) is 1.68. The molecule has 4 heteroatoms. The highest BCUT2D eigenvalue weighted by molar-refractivity contribution is 6.24. The van der Waals surface area contributed by atoms with E-state index in [1.165, 1.54) is 13.2 Å². The van der Waals surface area contributed by atoms with Crippen LogP contribution in [0.4, 0.5) is 0 Å². The van der Waals surface area contributed by atoms with Crippen molar-refractivity contribution < 1.29 is 19.1 Å². The topological polar surface area (TPSA) is 55.9 Å². The zero-order valence-corrected chi connectivity index (χ0v) is 7.71. The van der Waals surface area contributed by atoms with E-state index in [2.05, 4.69) is 4.74 Å². The summed E-state index contributed by atoms with van der Waals surface area (Å²) in [4.78, 5) is 22.4. The maximum atomic E-state index is 11.4. The molecule has 0 spiro atoms. The second-order valence-electron chi connectivity index (χ2n) is 2.51. The molecule has 0 unspecified atom stereocenters. The third-order valence-corrected chi connectivity index (χ3v) is 1.68. The van der Waals surface area contributed by atoms with Crippen LogP contribution in [0.15, 0.2) is 23.2 Å². The molecule has 1 aliphatic heterocycles. The predicted octanol–water partition coefficient (Wildman–Crippen LogP) is 0.936. The molecule has 0 radical (unpaired) electrons. The number of ether oxygens (including phenoxy) is 2. The van der Waals surface area contributed by atoms with Crippen LogP contribution in [0.5, 0.6) is 0 Å². The van der Waals surface area contributed by atoms with E-state index in [1.54, 1.807) is 13.8 Å². The van der Waals surface area contributed by atoms with E-state index in [0.717, 1.165) is 0 Å². The Labute approximate surface area is 75.8 Å². The van der Waals surface area contributed by atoms with Crippen molar-refractivity contribution in [2.45, 2.75) is 13.8 Å². The van der Waals surface area contributed by atoms with Crippen LogP contribution in [-0.4, -0.2) is 18.9 Å². The summed E-state index contributed by atoms with van der Waals surface area (Å²) in [6.45, 7) is 3.26. The van der Waals surface area contributed by atoms with Gasteiger partial charge in [-0.15, -0.1) is 0 Å². The Morgan fingerprint density at radius 2 is 2.00 bits per heavy atom. The number of esters is 1. The minimum absolute atomic E-state index is 0.00866. The van der Waals surface area contributed by atoms with Crippen LogP contribution in [0.1, 0.15) is 13.8 Å². The molecule has 0 aromatic carbocycles. The Bertz CT molecular complexity index is 323. The van der Waals surface area contributed by atoms with Gasteiger partial charge in [-0.1, -0.05) is 6.08 Å². The first-order valence-corrected chi connectivity index (χ1v) is 3.79. The lowest BCUT2D eigenvalue weighted by Crippen LogP contribution is -2.13. The average Bonchev–Trinajstić information content (AvgIpc) is 2.83. The number of rotatable bonds is 3. The Morgan fingerprint density at radius 1 is 1.46 bits per heavy atom. The highest BCUT2D eigenvalue weighted by Crippen LogP contribution is 2.28. The van der Waals surface area contributed by atoms with Crippen molar-refractivity contribution in [2.75, 3.05) is 7.11 Å². The van der Waals surface area contributed by atoms with Crippen LogP contribution in [0, 0.1) is 0 Å². The number of allylic oxidation sites excluding steroid dienone is 3. The molecule has 1 aliphatic rings. The van der Waals surface area contributed by atoms with E-state index in [0.29, 0.717) is 5.76 Å². The molecule has 0 amide bonds. The molecular formula is C9H10O4. The lowest BCUT2D eigenvalue weighted by Gasteiger charge is -1.98. The zero-order valence-electron chi connectivity index (χ0n) is 7.71. The summed E-state index contributed by atoms with van der Waals surface area (Å²) in [7, 11) is 1.23. The summed E-state index contributed by atoms with van der Waals surface area (Å²) < 4.78 is 9.22. The third kappa shape index (κ3) is 1.77. The number of ketones is 1. The van der Waals surface area contributed by atoms with Gasteiger partial charge in [-0.25, -0.2) is 4.79 Å². The van der Waals surface area contributed by atoms with Gasteiger partial charge in [0, 0.05) is 0 Å². The van der Waals surface area contributed by atoms with E-state index >= 15 is 0 Å². The minimum atomic E-state index is -0.636. The standard InChI is InChI=1S/C9H10O4/c1-4-6(9(11)12-3)7(10)8-5(2)13-8/h4H,1-3H3/b6-4+. The second-order valence-corrected chi connectivity index (χ2v) is 2.51. The van der Waals surface area contributed by atoms with Crippen molar-refractivity contribution in [3.8, 4) is 0 Å². The van der Waals surface area contributed by atoms with E-state index in [9.17, 15) is 9.59 Å². The Morgan fingerprint density at radius 3 is 2.31 bits per heavy atom. The Kier molecular flexibility index (Phi) is 2.51. The van der Waals surface area contributed by atoms with Crippen molar-refractivity contribution in [3.05, 3.63) is 23.2 Å². The fourth-order valence-electron chi connectivity index (χ4n) is 0.908. The van der Waals surface area contributed by atoms with Gasteiger partial charge in [-0.3, -0.25) is 4.79 Å². The quantitative estimate of drug-likeness (QED) is 0.282. The van der Waals surface area contributed by atoms with Gasteiger partial charge in [0.2, 0.25) is 11.5 Å². The van der Waals surface area contributed by atoms with Crippen LogP contribution in [0.3, 0.4) is 0 Å². The smallest absolute Gasteiger partial charge is 0.341 e. The van der Waals surface area contributed by atoms with Gasteiger partial charge >= 0.3 is 5.97 Å². The van der Waals surface area contributed by atoms with Crippen molar-refractivity contribution in [3.63, 3.8) is 0 Å². The second kappa shape index (κ2) is 3.43. The number of carbonyl (C=O) groups excluding carboxylic acids is 2. The van der Waals surface area contributed by atoms with Crippen molar-refractivity contribution >= 4 is 11.8 Å². The lowest BCUT2D eigenvalue weighted by atomic mass is 10.1. The van der Waals surface area contributed by atoms with E-state index < -0.39 is 11.8 Å². The highest BCUT2D eigenvalue weighted by atomic mass is 16.6. The van der Waals surface area contributed by atoms with E-state index in [1.807, 2.05) is 0 Å². The van der Waals surface area contributed by atoms with Gasteiger partial charge in [0.05, 0.1) is 7.11 Å². The fourth-order valence-corrected chi connectivity index (χ4v) is 0.908. The van der Waals surface area contributed by atoms with Gasteiger partial charge in [0.25, 0.3) is 0 Å². The molecule has 70 valence electrons. The molecule has 0 aromatic rings. The Hall–Kier alpha value is -1.58. The molecule has 13 heavy (non-hydrogen) atoms. The highest BCUT2D eigenvalue weighted by Gasteiger charge is 2.33. The summed E-state index contributed by atoms with van der Waals surface area (Å²) in [6, 6.07) is 0. The lowest BCUT2D eigenvalue weighted by molar-refractivity contribution is -0.137. The molecule has 0 N–H and O–H groups in total. The summed E-state index contributed by atoms with van der Waals surface area (Å²) in [5.41, 5.74) is 0.00866. The number of Topliss-reactive ketones (excluding diaryl/α,β-unsaturated/α-hetero) is 1. The number of carbonyl (C=O) groups is 2. The minimum Gasteiger partial charge on any atom is -0.465 e. The zero-order chi connectivity index (χ0) is 10.0. The van der Waals surface area contributed by atoms with Gasteiger partial charge in [0.15, 0.2) is 0 Å². The summed E-state index contributed by atoms with van der Waals surface area (Å²) in [5, 5.41) is 0. The van der Waals surface area contributed by atoms with Gasteiger partial charge in [-0.2, -0.15) is 0 Å². The largest absolute Gasteiger partial charge is 0.465 e. The number of methoxy groups -OCH3 is 1. The van der Waals surface area contributed by atoms with Gasteiger partial charge < -0.3 is 9.47 Å². The molecular weight excluding hydrogens is 172 g/mol. The fraction of sp³-hybridized carbons (Fsp3) is 0.333. The first-order valence-electron chi connectivity index (χ1n) is 3.79. The van der Waals surface area contributed by atoms with Crippen molar-refractivity contribution in [2.24, 2.45) is 0 Å². The molecule has 0 aromatic heterocycles. The van der Waals surface area contributed by atoms with Crippen LogP contribution in [0.2, 0.25) is 0 Å². The molecule has 1 rings (SSSR count). The van der Waals surface area contributed by atoms with Crippen molar-refractivity contribution in [1.82, 2.24) is 0 Å². The first-order chi connectivity index (χ1) is 6.11. The average molecular weight is 182 g/mol. The molecule has 1 heterocycles. The van der Waals surface area contributed by atoms with Crippen LogP contribution in [0.25, 0.3) is 0 Å².